The topological polar surface area (TPSA) is 102 Å². The number of hydrogen-bond donors (Lipinski definition) is 1. The summed E-state index contributed by atoms with van der Waals surface area (Å²) in [5, 5.41) is 24.2. The third kappa shape index (κ3) is 3.35. The Morgan fingerprint density at radius 3 is 2.56 bits per heavy atom. The highest BCUT2D eigenvalue weighted by molar-refractivity contribution is 6.33. The number of non-ortho nitro benzene ring substituents is 1. The minimum Gasteiger partial charge on any atom is -0.395 e. The molecule has 1 saturated carbocycles. The van der Waals surface area contributed by atoms with Crippen molar-refractivity contribution in [3.8, 4) is 5.69 Å². The standard InChI is InChI=1S/C16H17ClN4O4/c17-15-14(19(8-9-22)11-2-1-3-11)10-18-20(16(15)23)12-4-6-13(7-5-12)21(24)25/h4-7,10-11,22H,1-3,8-9H2. The lowest BCUT2D eigenvalue weighted by Crippen LogP contribution is -2.43. The number of rotatable bonds is 6. The number of halogens is 1. The number of nitrogens with zero attached hydrogens (tertiary/aromatic N) is 4. The van der Waals surface area contributed by atoms with E-state index in [2.05, 4.69) is 5.10 Å². The summed E-state index contributed by atoms with van der Waals surface area (Å²) in [5.74, 6) is 0. The molecule has 1 aliphatic rings. The van der Waals surface area contributed by atoms with Crippen molar-refractivity contribution in [2.75, 3.05) is 18.1 Å². The van der Waals surface area contributed by atoms with Gasteiger partial charge in [-0.25, -0.2) is 0 Å². The van der Waals surface area contributed by atoms with E-state index in [-0.39, 0.29) is 23.4 Å². The Hall–Kier alpha value is -2.45. The zero-order chi connectivity index (χ0) is 18.0. The SMILES string of the molecule is O=c1c(Cl)c(N(CCO)C2CCC2)cnn1-c1ccc([N+](=O)[O-])cc1. The maximum absolute atomic E-state index is 12.6. The van der Waals surface area contributed by atoms with Crippen molar-refractivity contribution in [2.45, 2.75) is 25.3 Å². The highest BCUT2D eigenvalue weighted by Gasteiger charge is 2.27. The summed E-state index contributed by atoms with van der Waals surface area (Å²) in [7, 11) is 0. The fourth-order valence-corrected chi connectivity index (χ4v) is 3.07. The number of anilines is 1. The molecule has 0 saturated heterocycles. The molecule has 2 aromatic rings. The van der Waals surface area contributed by atoms with Gasteiger partial charge in [0.1, 0.15) is 5.02 Å². The van der Waals surface area contributed by atoms with Gasteiger partial charge < -0.3 is 10.0 Å². The zero-order valence-corrected chi connectivity index (χ0v) is 14.1. The van der Waals surface area contributed by atoms with Crippen LogP contribution in [0.1, 0.15) is 19.3 Å². The molecule has 0 spiro atoms. The fourth-order valence-electron chi connectivity index (χ4n) is 2.83. The van der Waals surface area contributed by atoms with E-state index < -0.39 is 10.5 Å². The Kier molecular flexibility index (Phi) is 5.00. The average molecular weight is 365 g/mol. The largest absolute Gasteiger partial charge is 0.395 e. The van der Waals surface area contributed by atoms with Crippen LogP contribution in [0.2, 0.25) is 5.02 Å². The van der Waals surface area contributed by atoms with Gasteiger partial charge in [0.15, 0.2) is 0 Å². The summed E-state index contributed by atoms with van der Waals surface area (Å²) in [6, 6.07) is 5.75. The van der Waals surface area contributed by atoms with Gasteiger partial charge in [-0.2, -0.15) is 9.78 Å². The van der Waals surface area contributed by atoms with Crippen LogP contribution in [0.25, 0.3) is 5.69 Å². The fraction of sp³-hybridized carbons (Fsp3) is 0.375. The molecule has 1 fully saturated rings. The van der Waals surface area contributed by atoms with Gasteiger partial charge in [0.05, 0.1) is 29.1 Å². The molecule has 0 aliphatic heterocycles. The van der Waals surface area contributed by atoms with Crippen molar-refractivity contribution in [3.63, 3.8) is 0 Å². The van der Waals surface area contributed by atoms with Crippen molar-refractivity contribution in [3.05, 3.63) is 56.0 Å². The highest BCUT2D eigenvalue weighted by Crippen LogP contribution is 2.32. The second kappa shape index (κ2) is 7.20. The van der Waals surface area contributed by atoms with Gasteiger partial charge in [0.2, 0.25) is 0 Å². The molecule has 3 rings (SSSR count). The third-order valence-electron chi connectivity index (χ3n) is 4.37. The van der Waals surface area contributed by atoms with Gasteiger partial charge in [-0.3, -0.25) is 14.9 Å². The van der Waals surface area contributed by atoms with Crippen molar-refractivity contribution in [2.24, 2.45) is 0 Å². The first kappa shape index (κ1) is 17.4. The van der Waals surface area contributed by atoms with Gasteiger partial charge in [-0.05, 0) is 31.4 Å². The summed E-state index contributed by atoms with van der Waals surface area (Å²) < 4.78 is 1.10. The van der Waals surface area contributed by atoms with E-state index in [1.165, 1.54) is 30.5 Å². The number of aliphatic hydroxyl groups excluding tert-OH is 1. The van der Waals surface area contributed by atoms with Crippen molar-refractivity contribution in [1.82, 2.24) is 9.78 Å². The van der Waals surface area contributed by atoms with Crippen LogP contribution in [0.15, 0.2) is 35.3 Å². The minimum atomic E-state index is -0.512. The van der Waals surface area contributed by atoms with Crippen molar-refractivity contribution < 1.29 is 10.0 Å². The molecule has 1 heterocycles. The van der Waals surface area contributed by atoms with Crippen molar-refractivity contribution in [1.29, 1.82) is 0 Å². The normalized spacial score (nSPS) is 14.2. The van der Waals surface area contributed by atoms with Crippen LogP contribution in [0.5, 0.6) is 0 Å². The first-order chi connectivity index (χ1) is 12.0. The van der Waals surface area contributed by atoms with E-state index in [4.69, 9.17) is 11.6 Å². The van der Waals surface area contributed by atoms with Crippen molar-refractivity contribution >= 4 is 23.0 Å². The van der Waals surface area contributed by atoms with E-state index >= 15 is 0 Å². The Morgan fingerprint density at radius 2 is 2.04 bits per heavy atom. The smallest absolute Gasteiger partial charge is 0.292 e. The predicted octanol–water partition coefficient (Wildman–Crippen LogP) is 2.15. The highest BCUT2D eigenvalue weighted by atomic mass is 35.5. The molecule has 132 valence electrons. The number of aromatic nitrogens is 2. The number of nitro groups is 1. The Morgan fingerprint density at radius 1 is 1.36 bits per heavy atom. The number of hydrogen-bond acceptors (Lipinski definition) is 6. The van der Waals surface area contributed by atoms with Crippen LogP contribution in [0.3, 0.4) is 0 Å². The number of nitro benzene ring substituents is 1. The molecule has 9 heteroatoms. The Bertz CT molecular complexity index is 833. The molecule has 8 nitrogen and oxygen atoms in total. The van der Waals surface area contributed by atoms with Gasteiger partial charge >= 0.3 is 0 Å². The molecule has 1 N–H and O–H groups in total. The summed E-state index contributed by atoms with van der Waals surface area (Å²) in [5.41, 5.74) is 0.318. The van der Waals surface area contributed by atoms with Gasteiger partial charge in [-0.1, -0.05) is 11.6 Å². The Labute approximate surface area is 148 Å². The van der Waals surface area contributed by atoms with E-state index in [1.54, 1.807) is 0 Å². The number of benzene rings is 1. The zero-order valence-electron chi connectivity index (χ0n) is 13.3. The molecular weight excluding hydrogens is 348 g/mol. The predicted molar refractivity (Wildman–Crippen MR) is 93.6 cm³/mol. The van der Waals surface area contributed by atoms with Gasteiger partial charge in [0, 0.05) is 24.7 Å². The maximum Gasteiger partial charge on any atom is 0.292 e. The maximum atomic E-state index is 12.6. The summed E-state index contributed by atoms with van der Waals surface area (Å²) >= 11 is 6.28. The van der Waals surface area contributed by atoms with Gasteiger partial charge in [0.25, 0.3) is 11.2 Å². The first-order valence-corrected chi connectivity index (χ1v) is 8.31. The van der Waals surface area contributed by atoms with E-state index in [1.807, 2.05) is 4.90 Å². The molecule has 0 radical (unpaired) electrons. The van der Waals surface area contributed by atoms with E-state index in [9.17, 15) is 20.0 Å². The van der Waals surface area contributed by atoms with Crippen LogP contribution < -0.4 is 10.5 Å². The quantitative estimate of drug-likeness (QED) is 0.622. The van der Waals surface area contributed by atoms with Gasteiger partial charge in [-0.15, -0.1) is 0 Å². The monoisotopic (exact) mass is 364 g/mol. The second-order valence-electron chi connectivity index (χ2n) is 5.84. The minimum absolute atomic E-state index is 0.0219. The van der Waals surface area contributed by atoms with Crippen LogP contribution >= 0.6 is 11.6 Å². The molecule has 1 aliphatic carbocycles. The lowest BCUT2D eigenvalue weighted by molar-refractivity contribution is -0.384. The first-order valence-electron chi connectivity index (χ1n) is 7.93. The third-order valence-corrected chi connectivity index (χ3v) is 4.73. The van der Waals surface area contributed by atoms with Crippen LogP contribution in [0.4, 0.5) is 11.4 Å². The molecule has 0 amide bonds. The Balaban J connectivity index is 1.97. The van der Waals surface area contributed by atoms with E-state index in [0.717, 1.165) is 23.9 Å². The molecule has 1 aromatic heterocycles. The molecular formula is C16H17ClN4O4. The average Bonchev–Trinajstić information content (AvgIpc) is 2.55. The number of aliphatic hydroxyl groups is 1. The molecule has 1 aromatic carbocycles. The van der Waals surface area contributed by atoms with Crippen LogP contribution in [-0.2, 0) is 0 Å². The summed E-state index contributed by atoms with van der Waals surface area (Å²) in [6.45, 7) is 0.339. The molecule has 0 bridgehead atoms. The van der Waals surface area contributed by atoms with Crippen LogP contribution in [0, 0.1) is 10.1 Å². The second-order valence-corrected chi connectivity index (χ2v) is 6.21. The lowest BCUT2D eigenvalue weighted by atomic mass is 9.91. The molecule has 0 unspecified atom stereocenters. The lowest BCUT2D eigenvalue weighted by Gasteiger charge is -2.39. The molecule has 25 heavy (non-hydrogen) atoms. The summed E-state index contributed by atoms with van der Waals surface area (Å²) in [4.78, 5) is 24.7. The summed E-state index contributed by atoms with van der Waals surface area (Å²) in [6.07, 6.45) is 4.58. The van der Waals surface area contributed by atoms with E-state index in [0.29, 0.717) is 17.9 Å². The molecule has 0 atom stereocenters. The van der Waals surface area contributed by atoms with Crippen LogP contribution in [-0.4, -0.2) is 39.0 Å².